The lowest BCUT2D eigenvalue weighted by molar-refractivity contribution is 0.229. The van der Waals surface area contributed by atoms with E-state index >= 15 is 0 Å². The molecule has 106 valence electrons. The normalized spacial score (nSPS) is 17.2. The molecule has 0 spiro atoms. The molecule has 0 amide bonds. The van der Waals surface area contributed by atoms with Crippen LogP contribution in [0.2, 0.25) is 0 Å². The maximum absolute atomic E-state index is 4.08. The van der Waals surface area contributed by atoms with Crippen LogP contribution in [0.15, 0.2) is 36.7 Å². The number of nitrogens with zero attached hydrogens (tertiary/aromatic N) is 4. The van der Waals surface area contributed by atoms with Gasteiger partial charge in [-0.05, 0) is 31.5 Å². The summed E-state index contributed by atoms with van der Waals surface area (Å²) in [5.74, 6) is 0. The number of aromatic nitrogens is 3. The molecule has 2 heterocycles. The zero-order valence-corrected chi connectivity index (χ0v) is 11.9. The van der Waals surface area contributed by atoms with E-state index in [-0.39, 0.29) is 0 Å². The van der Waals surface area contributed by atoms with Crippen molar-refractivity contribution in [1.82, 2.24) is 19.9 Å². The highest BCUT2D eigenvalue weighted by atomic mass is 15.4. The summed E-state index contributed by atoms with van der Waals surface area (Å²) >= 11 is 0. The molecule has 1 saturated heterocycles. The van der Waals surface area contributed by atoms with Gasteiger partial charge < -0.3 is 10.2 Å². The second-order valence-electron chi connectivity index (χ2n) is 5.22. The first-order valence-corrected chi connectivity index (χ1v) is 7.31. The number of para-hydroxylation sites is 2. The minimum absolute atomic E-state index is 0.544. The summed E-state index contributed by atoms with van der Waals surface area (Å²) in [7, 11) is 0. The number of hydrogen-bond donors (Lipinski definition) is 1. The number of benzene rings is 1. The van der Waals surface area contributed by atoms with Crippen molar-refractivity contribution >= 4 is 5.69 Å². The lowest BCUT2D eigenvalue weighted by Crippen LogP contribution is -2.39. The number of rotatable bonds is 4. The van der Waals surface area contributed by atoms with E-state index in [0.29, 0.717) is 6.04 Å². The van der Waals surface area contributed by atoms with Crippen LogP contribution in [0.1, 0.15) is 19.8 Å². The van der Waals surface area contributed by atoms with Crippen molar-refractivity contribution in [2.24, 2.45) is 0 Å². The molecule has 0 radical (unpaired) electrons. The smallest absolute Gasteiger partial charge is 0.0894 e. The lowest BCUT2D eigenvalue weighted by Gasteiger charge is -2.32. The van der Waals surface area contributed by atoms with E-state index in [0.717, 1.165) is 17.9 Å². The van der Waals surface area contributed by atoms with Crippen molar-refractivity contribution in [3.05, 3.63) is 36.7 Å². The molecule has 1 aromatic carbocycles. The molecule has 1 aliphatic heterocycles. The minimum Gasteiger partial charge on any atom is -0.380 e. The van der Waals surface area contributed by atoms with Crippen molar-refractivity contribution in [3.63, 3.8) is 0 Å². The van der Waals surface area contributed by atoms with Gasteiger partial charge in [-0.3, -0.25) is 0 Å². The Hall–Kier alpha value is -1.88. The van der Waals surface area contributed by atoms with Crippen molar-refractivity contribution in [3.8, 4) is 5.69 Å². The molecule has 1 N–H and O–H groups in total. The van der Waals surface area contributed by atoms with Crippen LogP contribution in [0.3, 0.4) is 0 Å². The van der Waals surface area contributed by atoms with Crippen LogP contribution < -0.4 is 5.32 Å². The maximum Gasteiger partial charge on any atom is 0.0894 e. The van der Waals surface area contributed by atoms with Gasteiger partial charge in [-0.1, -0.05) is 24.3 Å². The average Bonchev–Trinajstić information content (AvgIpc) is 3.03. The molecule has 3 rings (SSSR count). The predicted molar refractivity (Wildman–Crippen MR) is 80.1 cm³/mol. The molecule has 1 aromatic heterocycles. The van der Waals surface area contributed by atoms with E-state index in [2.05, 4.69) is 45.7 Å². The molecular weight excluding hydrogens is 250 g/mol. The summed E-state index contributed by atoms with van der Waals surface area (Å²) < 4.78 is 1.81. The van der Waals surface area contributed by atoms with Crippen molar-refractivity contribution in [1.29, 1.82) is 0 Å². The number of piperidine rings is 1. The maximum atomic E-state index is 4.08. The lowest BCUT2D eigenvalue weighted by atomic mass is 10.0. The highest BCUT2D eigenvalue weighted by Gasteiger charge is 2.18. The van der Waals surface area contributed by atoms with Crippen LogP contribution in [-0.4, -0.2) is 45.6 Å². The van der Waals surface area contributed by atoms with Gasteiger partial charge in [0.25, 0.3) is 0 Å². The zero-order valence-electron chi connectivity index (χ0n) is 11.9. The number of hydrogen-bond acceptors (Lipinski definition) is 4. The summed E-state index contributed by atoms with van der Waals surface area (Å²) in [6, 6.07) is 8.81. The summed E-state index contributed by atoms with van der Waals surface area (Å²) in [5, 5.41) is 11.6. The van der Waals surface area contributed by atoms with Crippen LogP contribution in [0, 0.1) is 0 Å². The van der Waals surface area contributed by atoms with Crippen molar-refractivity contribution < 1.29 is 0 Å². The van der Waals surface area contributed by atoms with E-state index in [1.165, 1.54) is 25.9 Å². The molecule has 5 heteroatoms. The molecule has 5 nitrogen and oxygen atoms in total. The zero-order chi connectivity index (χ0) is 13.8. The standard InChI is InChI=1S/C15H21N5/c1-2-19-10-7-13(8-11-19)17-14-5-3-4-6-15(14)20-12-9-16-18-20/h3-6,9,12-13,17H,2,7-8,10-11H2,1H3. The Balaban J connectivity index is 1.72. The Bertz CT molecular complexity index is 529. The Morgan fingerprint density at radius 1 is 1.25 bits per heavy atom. The summed E-state index contributed by atoms with van der Waals surface area (Å²) in [5.41, 5.74) is 2.19. The Morgan fingerprint density at radius 3 is 2.75 bits per heavy atom. The third-order valence-corrected chi connectivity index (χ3v) is 3.97. The molecule has 20 heavy (non-hydrogen) atoms. The third kappa shape index (κ3) is 2.82. The van der Waals surface area contributed by atoms with Gasteiger partial charge in [0, 0.05) is 19.1 Å². The quantitative estimate of drug-likeness (QED) is 0.925. The SMILES string of the molecule is CCN1CCC(Nc2ccccc2-n2ccnn2)CC1. The molecule has 1 aliphatic rings. The van der Waals surface area contributed by atoms with Gasteiger partial charge in [0.2, 0.25) is 0 Å². The largest absolute Gasteiger partial charge is 0.380 e. The summed E-state index contributed by atoms with van der Waals surface area (Å²) in [6.07, 6.45) is 5.97. The monoisotopic (exact) mass is 271 g/mol. The summed E-state index contributed by atoms with van der Waals surface area (Å²) in [4.78, 5) is 2.50. The first kappa shape index (κ1) is 13.1. The minimum atomic E-state index is 0.544. The number of likely N-dealkylation sites (tertiary alicyclic amines) is 1. The second-order valence-corrected chi connectivity index (χ2v) is 5.22. The molecule has 0 aliphatic carbocycles. The van der Waals surface area contributed by atoms with Crippen LogP contribution in [-0.2, 0) is 0 Å². The fourth-order valence-corrected chi connectivity index (χ4v) is 2.75. The Kier molecular flexibility index (Phi) is 3.97. The van der Waals surface area contributed by atoms with Crippen LogP contribution in [0.4, 0.5) is 5.69 Å². The number of nitrogens with one attached hydrogen (secondary N) is 1. The van der Waals surface area contributed by atoms with Gasteiger partial charge in [-0.25, -0.2) is 4.68 Å². The molecule has 0 atom stereocenters. The van der Waals surface area contributed by atoms with Gasteiger partial charge in [-0.15, -0.1) is 5.10 Å². The Labute approximate surface area is 119 Å². The van der Waals surface area contributed by atoms with Gasteiger partial charge in [0.15, 0.2) is 0 Å². The molecule has 0 saturated carbocycles. The highest BCUT2D eigenvalue weighted by Crippen LogP contribution is 2.22. The Morgan fingerprint density at radius 2 is 2.05 bits per heavy atom. The second kappa shape index (κ2) is 6.05. The van der Waals surface area contributed by atoms with Crippen molar-refractivity contribution in [2.75, 3.05) is 25.0 Å². The molecule has 0 unspecified atom stereocenters. The van der Waals surface area contributed by atoms with Crippen LogP contribution in [0.5, 0.6) is 0 Å². The van der Waals surface area contributed by atoms with E-state index in [1.54, 1.807) is 6.20 Å². The average molecular weight is 271 g/mol. The number of anilines is 1. The van der Waals surface area contributed by atoms with Crippen LogP contribution in [0.25, 0.3) is 5.69 Å². The highest BCUT2D eigenvalue weighted by molar-refractivity contribution is 5.60. The van der Waals surface area contributed by atoms with E-state index in [1.807, 2.05) is 16.9 Å². The molecule has 0 bridgehead atoms. The third-order valence-electron chi connectivity index (χ3n) is 3.97. The van der Waals surface area contributed by atoms with Gasteiger partial charge in [-0.2, -0.15) is 0 Å². The predicted octanol–water partition coefficient (Wildman–Crippen LogP) is 2.16. The fraction of sp³-hybridized carbons (Fsp3) is 0.467. The summed E-state index contributed by atoms with van der Waals surface area (Å²) in [6.45, 7) is 5.75. The first-order chi connectivity index (χ1) is 9.86. The van der Waals surface area contributed by atoms with E-state index in [9.17, 15) is 0 Å². The van der Waals surface area contributed by atoms with Gasteiger partial charge in [0.05, 0.1) is 23.8 Å². The van der Waals surface area contributed by atoms with Gasteiger partial charge >= 0.3 is 0 Å². The van der Waals surface area contributed by atoms with Crippen molar-refractivity contribution in [2.45, 2.75) is 25.8 Å². The first-order valence-electron chi connectivity index (χ1n) is 7.31. The van der Waals surface area contributed by atoms with Crippen LogP contribution >= 0.6 is 0 Å². The topological polar surface area (TPSA) is 46.0 Å². The molecule has 1 fully saturated rings. The van der Waals surface area contributed by atoms with E-state index in [4.69, 9.17) is 0 Å². The fourth-order valence-electron chi connectivity index (χ4n) is 2.75. The molecule has 2 aromatic rings. The molecular formula is C15H21N5. The van der Waals surface area contributed by atoms with Gasteiger partial charge in [0.1, 0.15) is 0 Å². The van der Waals surface area contributed by atoms with E-state index < -0.39 is 0 Å².